The summed E-state index contributed by atoms with van der Waals surface area (Å²) in [6.45, 7) is 4.43. The smallest absolute Gasteiger partial charge is 0.238 e. The molecule has 1 aromatic heterocycles. The molecule has 0 spiro atoms. The van der Waals surface area contributed by atoms with Gasteiger partial charge in [0, 0.05) is 30.1 Å². The maximum atomic E-state index is 11.8. The number of primary sulfonamides is 1. The summed E-state index contributed by atoms with van der Waals surface area (Å²) in [5, 5.41) is 20.0. The number of likely N-dealkylation sites (N-methyl/N-ethyl adjacent to an activating group) is 1. The molecule has 0 saturated heterocycles. The Balaban J connectivity index is 1.79. The quantitative estimate of drug-likeness (QED) is 0.518. The van der Waals surface area contributed by atoms with Crippen LogP contribution < -0.4 is 15.2 Å². The van der Waals surface area contributed by atoms with Crippen molar-refractivity contribution in [1.82, 2.24) is 9.88 Å². The summed E-state index contributed by atoms with van der Waals surface area (Å²) in [7, 11) is -1.93. The first-order valence-electron chi connectivity index (χ1n) is 9.78. The highest BCUT2D eigenvalue weighted by atomic mass is 32.2. The highest BCUT2D eigenvalue weighted by Gasteiger charge is 2.18. The number of anilines is 2. The van der Waals surface area contributed by atoms with Crippen LogP contribution in [0.3, 0.4) is 0 Å². The Kier molecular flexibility index (Phi) is 7.44. The summed E-state index contributed by atoms with van der Waals surface area (Å²) < 4.78 is 29.3. The van der Waals surface area contributed by atoms with Gasteiger partial charge in [0.2, 0.25) is 10.0 Å². The number of hydrogen-bond acceptors (Lipinski definition) is 9. The number of nitrogens with zero attached hydrogens (tertiary/aromatic N) is 3. The van der Waals surface area contributed by atoms with Gasteiger partial charge < -0.3 is 15.2 Å². The Morgan fingerprint density at radius 1 is 1.42 bits per heavy atom. The Morgan fingerprint density at radius 2 is 2.19 bits per heavy atom. The first-order valence-corrected chi connectivity index (χ1v) is 12.2. The van der Waals surface area contributed by atoms with E-state index in [1.54, 1.807) is 12.3 Å². The second kappa shape index (κ2) is 9.88. The van der Waals surface area contributed by atoms with Gasteiger partial charge in [0.15, 0.2) is 5.13 Å². The van der Waals surface area contributed by atoms with Crippen LogP contribution in [0.4, 0.5) is 10.8 Å². The van der Waals surface area contributed by atoms with Crippen LogP contribution in [0.1, 0.15) is 26.0 Å². The first-order chi connectivity index (χ1) is 14.7. The number of aliphatic hydroxyl groups excluding tert-OH is 1. The molecule has 1 atom stereocenters. The minimum Gasteiger partial charge on any atom is -0.489 e. The van der Waals surface area contributed by atoms with Crippen LogP contribution in [0.5, 0.6) is 5.75 Å². The molecule has 0 amide bonds. The molecule has 2 heterocycles. The SMILES string of the molecule is CC(C)Oc1ccc(S(N)(=O)=O)cc1Nc1nc(C2=CCC(N(C)CCO)N=C2)cs1. The second-order valence-electron chi connectivity index (χ2n) is 7.39. The van der Waals surface area contributed by atoms with Gasteiger partial charge in [-0.3, -0.25) is 9.89 Å². The van der Waals surface area contributed by atoms with Crippen LogP contribution in [-0.2, 0) is 10.0 Å². The standard InChI is InChI=1S/C20H27N5O4S2/c1-13(2)29-18-6-5-15(31(21,27)28)10-16(18)23-20-24-17(12-30-20)14-4-7-19(22-11-14)25(3)8-9-26/h4-6,10-13,19,26H,7-9H2,1-3H3,(H,23,24)(H2,21,27,28). The Morgan fingerprint density at radius 3 is 2.81 bits per heavy atom. The number of ether oxygens (including phenoxy) is 1. The molecule has 0 aliphatic carbocycles. The van der Waals surface area contributed by atoms with E-state index in [2.05, 4.69) is 21.4 Å². The van der Waals surface area contributed by atoms with Crippen molar-refractivity contribution < 1.29 is 18.3 Å². The highest BCUT2D eigenvalue weighted by molar-refractivity contribution is 7.89. The lowest BCUT2D eigenvalue weighted by Gasteiger charge is -2.25. The largest absolute Gasteiger partial charge is 0.489 e. The Hall–Kier alpha value is -2.31. The van der Waals surface area contributed by atoms with E-state index in [4.69, 9.17) is 15.0 Å². The number of dihydropyridines is 1. The number of aromatic nitrogens is 1. The van der Waals surface area contributed by atoms with Gasteiger partial charge in [0.25, 0.3) is 0 Å². The summed E-state index contributed by atoms with van der Waals surface area (Å²) in [5.41, 5.74) is 2.15. The molecule has 1 unspecified atom stereocenters. The number of aliphatic hydroxyl groups is 1. The molecule has 11 heteroatoms. The molecule has 0 radical (unpaired) electrons. The van der Waals surface area contributed by atoms with Gasteiger partial charge in [-0.15, -0.1) is 11.3 Å². The van der Waals surface area contributed by atoms with Gasteiger partial charge >= 0.3 is 0 Å². The van der Waals surface area contributed by atoms with E-state index < -0.39 is 10.0 Å². The molecule has 9 nitrogen and oxygen atoms in total. The summed E-state index contributed by atoms with van der Waals surface area (Å²) in [6, 6.07) is 4.44. The van der Waals surface area contributed by atoms with Crippen LogP contribution in [0.2, 0.25) is 0 Å². The number of benzene rings is 1. The number of nitrogens with two attached hydrogens (primary N) is 1. The topological polar surface area (TPSA) is 130 Å². The van der Waals surface area contributed by atoms with E-state index in [0.29, 0.717) is 23.1 Å². The fraction of sp³-hybridized carbons (Fsp3) is 0.400. The maximum Gasteiger partial charge on any atom is 0.238 e. The van der Waals surface area contributed by atoms with Crippen LogP contribution >= 0.6 is 11.3 Å². The van der Waals surface area contributed by atoms with Crippen molar-refractivity contribution in [2.45, 2.75) is 37.4 Å². The summed E-state index contributed by atoms with van der Waals surface area (Å²) >= 11 is 1.39. The molecule has 3 rings (SSSR count). The lowest BCUT2D eigenvalue weighted by molar-refractivity contribution is 0.184. The normalized spacial score (nSPS) is 16.6. The fourth-order valence-corrected chi connectivity index (χ4v) is 4.27. The lowest BCUT2D eigenvalue weighted by atomic mass is 10.1. The molecule has 2 aromatic rings. The molecular formula is C20H27N5O4S2. The average Bonchev–Trinajstić information content (AvgIpc) is 3.17. The van der Waals surface area contributed by atoms with Crippen LogP contribution in [0.25, 0.3) is 5.57 Å². The van der Waals surface area contributed by atoms with Crippen LogP contribution in [0, 0.1) is 0 Å². The predicted molar refractivity (Wildman–Crippen MR) is 124 cm³/mol. The fourth-order valence-electron chi connectivity index (χ4n) is 3.00. The molecule has 1 aromatic carbocycles. The molecule has 168 valence electrons. The summed E-state index contributed by atoms with van der Waals surface area (Å²) in [5.74, 6) is 0.507. The van der Waals surface area contributed by atoms with Crippen molar-refractivity contribution in [1.29, 1.82) is 0 Å². The zero-order chi connectivity index (χ0) is 22.6. The monoisotopic (exact) mass is 465 g/mol. The van der Waals surface area contributed by atoms with Crippen LogP contribution in [-0.4, -0.2) is 62.1 Å². The third-order valence-corrected chi connectivity index (χ3v) is 6.25. The lowest BCUT2D eigenvalue weighted by Crippen LogP contribution is -2.33. The van der Waals surface area contributed by atoms with Crippen molar-refractivity contribution in [3.8, 4) is 5.75 Å². The van der Waals surface area contributed by atoms with Gasteiger partial charge in [-0.2, -0.15) is 0 Å². The first kappa shape index (κ1) is 23.4. The molecule has 1 aliphatic rings. The van der Waals surface area contributed by atoms with Crippen molar-refractivity contribution >= 4 is 44.0 Å². The Labute approximate surface area is 186 Å². The van der Waals surface area contributed by atoms with E-state index in [9.17, 15) is 8.42 Å². The summed E-state index contributed by atoms with van der Waals surface area (Å²) in [4.78, 5) is 11.1. The van der Waals surface area contributed by atoms with E-state index >= 15 is 0 Å². The number of hydrogen-bond donors (Lipinski definition) is 3. The number of allylic oxidation sites excluding steroid dienone is 1. The average molecular weight is 466 g/mol. The second-order valence-corrected chi connectivity index (χ2v) is 9.81. The van der Waals surface area contributed by atoms with Crippen molar-refractivity contribution in [3.63, 3.8) is 0 Å². The van der Waals surface area contributed by atoms with Crippen molar-refractivity contribution in [2.75, 3.05) is 25.5 Å². The van der Waals surface area contributed by atoms with Gasteiger partial charge in [-0.1, -0.05) is 6.08 Å². The molecule has 31 heavy (non-hydrogen) atoms. The number of nitrogens with one attached hydrogen (secondary N) is 1. The summed E-state index contributed by atoms with van der Waals surface area (Å²) in [6.07, 6.45) is 4.50. The van der Waals surface area contributed by atoms with Crippen molar-refractivity contribution in [2.24, 2.45) is 10.1 Å². The van der Waals surface area contributed by atoms with Crippen LogP contribution in [0.15, 0.2) is 39.5 Å². The minimum absolute atomic E-state index is 0.00354. The molecule has 0 fully saturated rings. The predicted octanol–water partition coefficient (Wildman–Crippen LogP) is 2.43. The Bertz CT molecular complexity index is 1080. The van der Waals surface area contributed by atoms with Crippen molar-refractivity contribution in [3.05, 3.63) is 35.3 Å². The number of aliphatic imine (C=N–C) groups is 1. The molecule has 0 saturated carbocycles. The minimum atomic E-state index is -3.85. The van der Waals surface area contributed by atoms with E-state index in [1.165, 1.54) is 23.5 Å². The van der Waals surface area contributed by atoms with Gasteiger partial charge in [-0.05, 0) is 39.1 Å². The molecule has 4 N–H and O–H groups in total. The van der Waals surface area contributed by atoms with Gasteiger partial charge in [0.05, 0.1) is 29.0 Å². The molecule has 1 aliphatic heterocycles. The zero-order valence-corrected chi connectivity index (χ0v) is 19.3. The van der Waals surface area contributed by atoms with Gasteiger partial charge in [0.1, 0.15) is 11.9 Å². The number of sulfonamides is 1. The highest BCUT2D eigenvalue weighted by Crippen LogP contribution is 2.33. The zero-order valence-electron chi connectivity index (χ0n) is 17.6. The third-order valence-electron chi connectivity index (χ3n) is 4.58. The molecular weight excluding hydrogens is 438 g/mol. The molecule has 0 bridgehead atoms. The number of rotatable bonds is 9. The number of thiazole rings is 1. The van der Waals surface area contributed by atoms with E-state index in [1.807, 2.05) is 31.2 Å². The third kappa shape index (κ3) is 6.11. The maximum absolute atomic E-state index is 11.8. The van der Waals surface area contributed by atoms with Gasteiger partial charge in [-0.25, -0.2) is 18.5 Å². The van der Waals surface area contributed by atoms with E-state index in [-0.39, 0.29) is 23.8 Å². The van der Waals surface area contributed by atoms with E-state index in [0.717, 1.165) is 17.7 Å².